The molecule has 1 aromatic heterocycles. The van der Waals surface area contributed by atoms with Gasteiger partial charge in [0.25, 0.3) is 5.91 Å². The van der Waals surface area contributed by atoms with Gasteiger partial charge < -0.3 is 28.7 Å². The standard InChI is InChI=1S/C34H29N3O8/c1-20(38)44-25-15-14-22(18-28(25)43-4)34(40)45-24-13-9-8-12-23(24)19-35-37-33(39)32-29(21-10-6-5-7-11-21)30-26(41-2)16-17-27(42-3)31(30)36-32/h5-19,36H,1-4H3,(H,37,39). The molecule has 0 unspecified atom stereocenters. The Morgan fingerprint density at radius 2 is 1.40 bits per heavy atom. The molecule has 2 N–H and O–H groups in total. The number of hydrogen-bond acceptors (Lipinski definition) is 9. The highest BCUT2D eigenvalue weighted by molar-refractivity contribution is 6.13. The molecule has 0 saturated carbocycles. The molecule has 0 fully saturated rings. The van der Waals surface area contributed by atoms with Crippen LogP contribution in [-0.4, -0.2) is 50.4 Å². The van der Waals surface area contributed by atoms with Crippen LogP contribution < -0.4 is 29.1 Å². The van der Waals surface area contributed by atoms with Gasteiger partial charge in [0.15, 0.2) is 11.5 Å². The Morgan fingerprint density at radius 3 is 2.11 bits per heavy atom. The fourth-order valence-corrected chi connectivity index (χ4v) is 4.74. The summed E-state index contributed by atoms with van der Waals surface area (Å²) in [5, 5.41) is 4.84. The van der Waals surface area contributed by atoms with Crippen molar-refractivity contribution in [3.05, 3.63) is 102 Å². The number of aromatic nitrogens is 1. The minimum Gasteiger partial charge on any atom is -0.496 e. The van der Waals surface area contributed by atoms with Crippen LogP contribution in [-0.2, 0) is 4.79 Å². The number of ether oxygens (including phenoxy) is 5. The summed E-state index contributed by atoms with van der Waals surface area (Å²) in [4.78, 5) is 41.0. The molecule has 45 heavy (non-hydrogen) atoms. The second-order valence-electron chi connectivity index (χ2n) is 9.55. The van der Waals surface area contributed by atoms with Crippen LogP contribution in [0.1, 0.15) is 33.3 Å². The molecule has 5 rings (SSSR count). The molecule has 0 spiro atoms. The van der Waals surface area contributed by atoms with E-state index in [1.807, 2.05) is 30.3 Å². The van der Waals surface area contributed by atoms with Crippen LogP contribution in [0.25, 0.3) is 22.0 Å². The number of H-pyrrole nitrogens is 1. The van der Waals surface area contributed by atoms with E-state index in [2.05, 4.69) is 15.5 Å². The fraction of sp³-hybridized carbons (Fsp3) is 0.118. The lowest BCUT2D eigenvalue weighted by atomic mass is 10.0. The summed E-state index contributed by atoms with van der Waals surface area (Å²) in [6.45, 7) is 1.26. The van der Waals surface area contributed by atoms with Gasteiger partial charge in [-0.1, -0.05) is 42.5 Å². The van der Waals surface area contributed by atoms with Crippen LogP contribution >= 0.6 is 0 Å². The summed E-state index contributed by atoms with van der Waals surface area (Å²) >= 11 is 0. The molecule has 228 valence electrons. The van der Waals surface area contributed by atoms with E-state index in [9.17, 15) is 14.4 Å². The molecule has 0 aliphatic rings. The van der Waals surface area contributed by atoms with Crippen molar-refractivity contribution in [1.29, 1.82) is 0 Å². The van der Waals surface area contributed by atoms with Crippen LogP contribution in [0.15, 0.2) is 90.0 Å². The fourth-order valence-electron chi connectivity index (χ4n) is 4.74. The van der Waals surface area contributed by atoms with Crippen molar-refractivity contribution in [2.45, 2.75) is 6.92 Å². The van der Waals surface area contributed by atoms with E-state index in [0.29, 0.717) is 33.5 Å². The number of benzene rings is 4. The Bertz CT molecular complexity index is 1910. The van der Waals surface area contributed by atoms with Crippen molar-refractivity contribution in [3.63, 3.8) is 0 Å². The van der Waals surface area contributed by atoms with Crippen LogP contribution in [0.2, 0.25) is 0 Å². The van der Waals surface area contributed by atoms with Crippen molar-refractivity contribution in [3.8, 4) is 39.9 Å². The Kier molecular flexibility index (Phi) is 9.09. The van der Waals surface area contributed by atoms with E-state index >= 15 is 0 Å². The first-order valence-electron chi connectivity index (χ1n) is 13.7. The molecule has 4 aromatic carbocycles. The van der Waals surface area contributed by atoms with E-state index in [4.69, 9.17) is 23.7 Å². The molecule has 0 saturated heterocycles. The lowest BCUT2D eigenvalue weighted by Gasteiger charge is -2.11. The molecule has 0 aliphatic heterocycles. The van der Waals surface area contributed by atoms with Crippen LogP contribution in [0.4, 0.5) is 0 Å². The summed E-state index contributed by atoms with van der Waals surface area (Å²) in [6, 6.07) is 24.0. The lowest BCUT2D eigenvalue weighted by molar-refractivity contribution is -0.132. The van der Waals surface area contributed by atoms with Crippen molar-refractivity contribution in [2.24, 2.45) is 5.10 Å². The van der Waals surface area contributed by atoms with Crippen LogP contribution in [0, 0.1) is 0 Å². The molecular formula is C34H29N3O8. The summed E-state index contributed by atoms with van der Waals surface area (Å²) in [5.41, 5.74) is 5.42. The molecule has 11 nitrogen and oxygen atoms in total. The summed E-state index contributed by atoms with van der Waals surface area (Å²) in [7, 11) is 4.50. The van der Waals surface area contributed by atoms with Gasteiger partial charge in [-0.15, -0.1) is 0 Å². The maximum Gasteiger partial charge on any atom is 0.343 e. The van der Waals surface area contributed by atoms with Crippen molar-refractivity contribution < 1.29 is 38.1 Å². The number of methoxy groups -OCH3 is 3. The molecule has 5 aromatic rings. The zero-order chi connectivity index (χ0) is 31.9. The summed E-state index contributed by atoms with van der Waals surface area (Å²) in [5.74, 6) is -0.0390. The van der Waals surface area contributed by atoms with Gasteiger partial charge in [-0.2, -0.15) is 5.10 Å². The number of hydrogen-bond donors (Lipinski definition) is 2. The van der Waals surface area contributed by atoms with Gasteiger partial charge in [0.05, 0.1) is 44.0 Å². The first-order chi connectivity index (χ1) is 21.8. The number of aromatic amines is 1. The van der Waals surface area contributed by atoms with Gasteiger partial charge in [0, 0.05) is 18.1 Å². The third-order valence-electron chi connectivity index (χ3n) is 6.75. The maximum atomic E-state index is 13.5. The van der Waals surface area contributed by atoms with E-state index in [-0.39, 0.29) is 28.5 Å². The monoisotopic (exact) mass is 607 g/mol. The van der Waals surface area contributed by atoms with Crippen LogP contribution in [0.3, 0.4) is 0 Å². The highest BCUT2D eigenvalue weighted by atomic mass is 16.6. The number of amides is 1. The third-order valence-corrected chi connectivity index (χ3v) is 6.75. The second-order valence-corrected chi connectivity index (χ2v) is 9.55. The predicted octanol–water partition coefficient (Wildman–Crippen LogP) is 5.77. The number of esters is 2. The quantitative estimate of drug-likeness (QED) is 0.0884. The minimum atomic E-state index is -0.680. The molecule has 1 amide bonds. The average Bonchev–Trinajstić information content (AvgIpc) is 3.46. The number of rotatable bonds is 10. The average molecular weight is 608 g/mol. The number of hydrazone groups is 1. The molecule has 0 atom stereocenters. The van der Waals surface area contributed by atoms with E-state index in [1.165, 1.54) is 38.4 Å². The zero-order valence-electron chi connectivity index (χ0n) is 24.9. The van der Waals surface area contributed by atoms with Gasteiger partial charge in [0.1, 0.15) is 22.9 Å². The Hall–Kier alpha value is -6.10. The minimum absolute atomic E-state index is 0.168. The summed E-state index contributed by atoms with van der Waals surface area (Å²) < 4.78 is 27.1. The zero-order valence-corrected chi connectivity index (χ0v) is 24.9. The van der Waals surface area contributed by atoms with Crippen LogP contribution in [0.5, 0.6) is 28.7 Å². The van der Waals surface area contributed by atoms with Gasteiger partial charge in [0.2, 0.25) is 0 Å². The number of fused-ring (bicyclic) bond motifs is 1. The van der Waals surface area contributed by atoms with Gasteiger partial charge in [-0.25, -0.2) is 10.2 Å². The maximum absolute atomic E-state index is 13.5. The highest BCUT2D eigenvalue weighted by Crippen LogP contribution is 2.42. The number of carbonyl (C=O) groups is 3. The highest BCUT2D eigenvalue weighted by Gasteiger charge is 2.24. The first-order valence-corrected chi connectivity index (χ1v) is 13.7. The number of para-hydroxylation sites is 1. The molecule has 0 bridgehead atoms. The summed E-state index contributed by atoms with van der Waals surface area (Å²) in [6.07, 6.45) is 1.37. The van der Waals surface area contributed by atoms with Crippen molar-refractivity contribution >= 4 is 35.0 Å². The third kappa shape index (κ3) is 6.47. The first kappa shape index (κ1) is 30.4. The van der Waals surface area contributed by atoms with Crippen molar-refractivity contribution in [1.82, 2.24) is 10.4 Å². The topological polar surface area (TPSA) is 138 Å². The molecule has 1 heterocycles. The van der Waals surface area contributed by atoms with Gasteiger partial charge in [-0.05, 0) is 48.0 Å². The molecule has 11 heteroatoms. The SMILES string of the molecule is COc1cc(C(=O)Oc2ccccc2C=NNC(=O)c2[nH]c3c(OC)ccc(OC)c3c2-c2ccccc2)ccc1OC(C)=O. The normalized spacial score (nSPS) is 10.8. The lowest BCUT2D eigenvalue weighted by Crippen LogP contribution is -2.19. The van der Waals surface area contributed by atoms with E-state index < -0.39 is 17.8 Å². The number of nitrogens with one attached hydrogen (secondary N) is 2. The van der Waals surface area contributed by atoms with E-state index in [0.717, 1.165) is 5.56 Å². The number of nitrogens with zero attached hydrogens (tertiary/aromatic N) is 1. The van der Waals surface area contributed by atoms with Gasteiger partial charge in [-0.3, -0.25) is 9.59 Å². The van der Waals surface area contributed by atoms with Crippen molar-refractivity contribution in [2.75, 3.05) is 21.3 Å². The molecular weight excluding hydrogens is 578 g/mol. The second kappa shape index (κ2) is 13.5. The van der Waals surface area contributed by atoms with E-state index in [1.54, 1.807) is 50.6 Å². The molecule has 0 radical (unpaired) electrons. The number of carbonyl (C=O) groups excluding carboxylic acids is 3. The Labute approximate surface area is 258 Å². The molecule has 0 aliphatic carbocycles. The largest absolute Gasteiger partial charge is 0.496 e. The Balaban J connectivity index is 1.40. The van der Waals surface area contributed by atoms with Gasteiger partial charge >= 0.3 is 11.9 Å². The Morgan fingerprint density at radius 1 is 0.733 bits per heavy atom. The predicted molar refractivity (Wildman–Crippen MR) is 168 cm³/mol. The smallest absolute Gasteiger partial charge is 0.343 e.